The van der Waals surface area contributed by atoms with Crippen LogP contribution >= 0.6 is 0 Å². The van der Waals surface area contributed by atoms with E-state index in [2.05, 4.69) is 10.3 Å². The third-order valence-corrected chi connectivity index (χ3v) is 3.65. The molecular weight excluding hydrogens is 324 g/mol. The lowest BCUT2D eigenvalue weighted by molar-refractivity contribution is 0.168. The smallest absolute Gasteiger partial charge is 0.411 e. The average molecular weight is 340 g/mol. The summed E-state index contributed by atoms with van der Waals surface area (Å²) in [7, 11) is 0. The summed E-state index contributed by atoms with van der Waals surface area (Å²) in [6.45, 7) is 1.94. The minimum atomic E-state index is -0.597. The van der Waals surface area contributed by atoms with Gasteiger partial charge in [0.15, 0.2) is 16.9 Å². The Morgan fingerprint density at radius 2 is 1.88 bits per heavy atom. The number of phenols is 2. The van der Waals surface area contributed by atoms with Gasteiger partial charge >= 0.3 is 6.09 Å². The van der Waals surface area contributed by atoms with Crippen LogP contribution in [0.2, 0.25) is 0 Å². The van der Waals surface area contributed by atoms with E-state index in [9.17, 15) is 19.8 Å². The number of carbonyl (C=O) groups excluding carboxylic acids is 1. The zero-order chi connectivity index (χ0) is 18.0. The van der Waals surface area contributed by atoms with Crippen LogP contribution in [-0.4, -0.2) is 27.9 Å². The lowest BCUT2D eigenvalue weighted by Crippen LogP contribution is -2.14. The number of H-pyrrole nitrogens is 1. The molecule has 2 aromatic carbocycles. The standard InChI is InChI=1S/C18H16N2O5/c1-2-25-18(24)20-12-6-4-3-5-10(12)13-8-15(21)11-7-16(22)17(23)9-14(11)19-13/h3-9,22-23H,2H2,1H3,(H,19,21)(H,20,24). The summed E-state index contributed by atoms with van der Waals surface area (Å²) < 4.78 is 4.88. The van der Waals surface area contributed by atoms with Gasteiger partial charge in [-0.3, -0.25) is 10.1 Å². The minimum Gasteiger partial charge on any atom is -0.504 e. The van der Waals surface area contributed by atoms with Crippen LogP contribution in [0.15, 0.2) is 47.3 Å². The van der Waals surface area contributed by atoms with Gasteiger partial charge in [-0.2, -0.15) is 0 Å². The number of rotatable bonds is 3. The third kappa shape index (κ3) is 3.25. The SMILES string of the molecule is CCOC(=O)Nc1ccccc1-c1cc(=O)c2cc(O)c(O)cc2[nH]1. The van der Waals surface area contributed by atoms with Crippen molar-refractivity contribution < 1.29 is 19.7 Å². The number of amides is 1. The molecule has 0 bridgehead atoms. The number of phenolic OH excluding ortho intramolecular Hbond substituents is 2. The number of aromatic amines is 1. The molecule has 1 aromatic heterocycles. The number of hydrogen-bond donors (Lipinski definition) is 4. The molecule has 0 spiro atoms. The van der Waals surface area contributed by atoms with Crippen molar-refractivity contribution in [2.45, 2.75) is 6.92 Å². The highest BCUT2D eigenvalue weighted by molar-refractivity contribution is 5.92. The van der Waals surface area contributed by atoms with Crippen molar-refractivity contribution in [3.63, 3.8) is 0 Å². The highest BCUT2D eigenvalue weighted by Crippen LogP contribution is 2.31. The molecule has 0 aliphatic carbocycles. The summed E-state index contributed by atoms with van der Waals surface area (Å²) in [5.74, 6) is -0.701. The Morgan fingerprint density at radius 1 is 1.16 bits per heavy atom. The molecule has 0 radical (unpaired) electrons. The van der Waals surface area contributed by atoms with Crippen molar-refractivity contribution in [1.82, 2.24) is 4.98 Å². The Bertz CT molecular complexity index is 1010. The summed E-state index contributed by atoms with van der Waals surface area (Å²) in [4.78, 5) is 27.1. The van der Waals surface area contributed by atoms with Gasteiger partial charge in [0.1, 0.15) is 0 Å². The number of hydrogen-bond acceptors (Lipinski definition) is 5. The van der Waals surface area contributed by atoms with Crippen molar-refractivity contribution in [1.29, 1.82) is 0 Å². The lowest BCUT2D eigenvalue weighted by Gasteiger charge is -2.12. The Balaban J connectivity index is 2.12. The lowest BCUT2D eigenvalue weighted by atomic mass is 10.1. The summed E-state index contributed by atoms with van der Waals surface area (Å²) in [6, 6.07) is 10.8. The van der Waals surface area contributed by atoms with Gasteiger partial charge in [-0.15, -0.1) is 0 Å². The molecule has 7 heteroatoms. The van der Waals surface area contributed by atoms with Gasteiger partial charge in [-0.05, 0) is 19.1 Å². The second-order valence-corrected chi connectivity index (χ2v) is 5.32. The molecule has 0 aliphatic heterocycles. The van der Waals surface area contributed by atoms with Crippen LogP contribution in [0.25, 0.3) is 22.2 Å². The van der Waals surface area contributed by atoms with E-state index >= 15 is 0 Å². The van der Waals surface area contributed by atoms with E-state index in [-0.39, 0.29) is 28.9 Å². The predicted molar refractivity (Wildman–Crippen MR) is 94.0 cm³/mol. The molecule has 25 heavy (non-hydrogen) atoms. The molecule has 0 aliphatic rings. The molecule has 3 aromatic rings. The van der Waals surface area contributed by atoms with E-state index in [1.54, 1.807) is 31.2 Å². The van der Waals surface area contributed by atoms with E-state index in [1.165, 1.54) is 18.2 Å². The topological polar surface area (TPSA) is 112 Å². The summed E-state index contributed by atoms with van der Waals surface area (Å²) >= 11 is 0. The normalized spacial score (nSPS) is 10.6. The molecule has 128 valence electrons. The molecule has 1 heterocycles. The van der Waals surface area contributed by atoms with Gasteiger partial charge in [0.2, 0.25) is 0 Å². The summed E-state index contributed by atoms with van der Waals surface area (Å²) in [5, 5.41) is 22.1. The Hall–Kier alpha value is -3.48. The maximum atomic E-state index is 12.3. The molecule has 0 saturated carbocycles. The molecule has 0 unspecified atom stereocenters. The molecule has 0 fully saturated rings. The largest absolute Gasteiger partial charge is 0.504 e. The third-order valence-electron chi connectivity index (χ3n) is 3.65. The molecule has 7 nitrogen and oxygen atoms in total. The number of aromatic nitrogens is 1. The zero-order valence-corrected chi connectivity index (χ0v) is 13.4. The fourth-order valence-electron chi connectivity index (χ4n) is 2.52. The first-order chi connectivity index (χ1) is 12.0. The van der Waals surface area contributed by atoms with Crippen molar-refractivity contribution in [3.8, 4) is 22.8 Å². The molecule has 4 N–H and O–H groups in total. The monoisotopic (exact) mass is 340 g/mol. The maximum Gasteiger partial charge on any atom is 0.411 e. The number of ether oxygens (including phenoxy) is 1. The second kappa shape index (κ2) is 6.56. The van der Waals surface area contributed by atoms with E-state index in [0.29, 0.717) is 22.5 Å². The number of fused-ring (bicyclic) bond motifs is 1. The van der Waals surface area contributed by atoms with Crippen LogP contribution in [0.1, 0.15) is 6.92 Å². The molecule has 0 atom stereocenters. The number of para-hydroxylation sites is 1. The fraction of sp³-hybridized carbons (Fsp3) is 0.111. The van der Waals surface area contributed by atoms with Gasteiger partial charge in [0.25, 0.3) is 0 Å². The van der Waals surface area contributed by atoms with Crippen molar-refractivity contribution in [2.75, 3.05) is 11.9 Å². The number of pyridine rings is 1. The van der Waals surface area contributed by atoms with Crippen LogP contribution in [0.3, 0.4) is 0 Å². The van der Waals surface area contributed by atoms with Crippen LogP contribution in [0, 0.1) is 0 Å². The Morgan fingerprint density at radius 3 is 2.64 bits per heavy atom. The second-order valence-electron chi connectivity index (χ2n) is 5.32. The van der Waals surface area contributed by atoms with Gasteiger partial charge in [-0.1, -0.05) is 18.2 Å². The van der Waals surface area contributed by atoms with Crippen molar-refractivity contribution in [3.05, 3.63) is 52.7 Å². The van der Waals surface area contributed by atoms with Gasteiger partial charge in [0, 0.05) is 23.1 Å². The highest BCUT2D eigenvalue weighted by Gasteiger charge is 2.12. The van der Waals surface area contributed by atoms with Crippen molar-refractivity contribution in [2.24, 2.45) is 0 Å². The quantitative estimate of drug-likeness (QED) is 0.547. The maximum absolute atomic E-state index is 12.3. The Labute approximate surface area is 142 Å². The number of benzene rings is 2. The molecule has 3 rings (SSSR count). The first-order valence-corrected chi connectivity index (χ1v) is 7.61. The molecule has 1 amide bonds. The number of aromatic hydroxyl groups is 2. The van der Waals surface area contributed by atoms with Crippen LogP contribution in [0.4, 0.5) is 10.5 Å². The zero-order valence-electron chi connectivity index (χ0n) is 13.4. The Kier molecular flexibility index (Phi) is 4.30. The number of carbonyl (C=O) groups is 1. The molecular formula is C18H16N2O5. The minimum absolute atomic E-state index is 0.240. The van der Waals surface area contributed by atoms with Crippen molar-refractivity contribution >= 4 is 22.7 Å². The van der Waals surface area contributed by atoms with Gasteiger partial charge in [-0.25, -0.2) is 4.79 Å². The van der Waals surface area contributed by atoms with Crippen LogP contribution < -0.4 is 10.7 Å². The number of nitrogens with one attached hydrogen (secondary N) is 2. The van der Waals surface area contributed by atoms with Crippen LogP contribution in [0.5, 0.6) is 11.5 Å². The molecule has 0 saturated heterocycles. The van der Waals surface area contributed by atoms with E-state index < -0.39 is 6.09 Å². The van der Waals surface area contributed by atoms with Crippen LogP contribution in [-0.2, 0) is 4.74 Å². The highest BCUT2D eigenvalue weighted by atomic mass is 16.5. The first-order valence-electron chi connectivity index (χ1n) is 7.61. The summed E-state index contributed by atoms with van der Waals surface area (Å²) in [6.07, 6.45) is -0.597. The number of anilines is 1. The summed E-state index contributed by atoms with van der Waals surface area (Å²) in [5.41, 5.74) is 1.55. The van der Waals surface area contributed by atoms with E-state index in [1.807, 2.05) is 0 Å². The van der Waals surface area contributed by atoms with Gasteiger partial charge < -0.3 is 19.9 Å². The first kappa shape index (κ1) is 16.4. The van der Waals surface area contributed by atoms with E-state index in [0.717, 1.165) is 0 Å². The van der Waals surface area contributed by atoms with Gasteiger partial charge in [0.05, 0.1) is 23.5 Å². The fourth-order valence-corrected chi connectivity index (χ4v) is 2.52. The predicted octanol–water partition coefficient (Wildman–Crippen LogP) is 3.17. The average Bonchev–Trinajstić information content (AvgIpc) is 2.57. The van der Waals surface area contributed by atoms with E-state index in [4.69, 9.17) is 4.74 Å².